The zero-order valence-electron chi connectivity index (χ0n) is 11.0. The molecule has 0 fully saturated rings. The molecule has 0 radical (unpaired) electrons. The van der Waals surface area contributed by atoms with Crippen LogP contribution in [0.25, 0.3) is 0 Å². The summed E-state index contributed by atoms with van der Waals surface area (Å²) in [6.45, 7) is -0.711. The largest absolute Gasteiger partial charge is 0.452 e. The van der Waals surface area contributed by atoms with Gasteiger partial charge in [-0.25, -0.2) is 18.6 Å². The van der Waals surface area contributed by atoms with Crippen molar-refractivity contribution in [2.45, 2.75) is 0 Å². The van der Waals surface area contributed by atoms with Gasteiger partial charge in [-0.15, -0.1) is 0 Å². The normalized spacial score (nSPS) is 10.1. The average molecular weight is 327 g/mol. The van der Waals surface area contributed by atoms with Crippen molar-refractivity contribution in [1.82, 2.24) is 4.98 Å². The van der Waals surface area contributed by atoms with Crippen molar-refractivity contribution in [3.8, 4) is 0 Å². The first-order chi connectivity index (χ1) is 10.5. The molecule has 1 N–H and O–H groups in total. The molecule has 0 unspecified atom stereocenters. The third-order valence-corrected chi connectivity index (χ3v) is 2.72. The minimum absolute atomic E-state index is 0.197. The maximum Gasteiger partial charge on any atom is 0.344 e. The minimum Gasteiger partial charge on any atom is -0.452 e. The van der Waals surface area contributed by atoms with Gasteiger partial charge in [0.1, 0.15) is 23.0 Å². The number of halogens is 3. The molecule has 1 aromatic carbocycles. The Hall–Kier alpha value is -2.54. The molecule has 1 aromatic heterocycles. The third kappa shape index (κ3) is 3.98. The first-order valence-corrected chi connectivity index (χ1v) is 6.37. The van der Waals surface area contributed by atoms with Gasteiger partial charge < -0.3 is 10.1 Å². The number of esters is 1. The van der Waals surface area contributed by atoms with Crippen LogP contribution in [0, 0.1) is 11.6 Å². The lowest BCUT2D eigenvalue weighted by atomic mass is 10.2. The SMILES string of the molecule is O=C(COC(=O)c1c(F)cccc1F)Nc1ccc(Cl)cn1. The summed E-state index contributed by atoms with van der Waals surface area (Å²) in [6, 6.07) is 5.89. The molecule has 5 nitrogen and oxygen atoms in total. The molecule has 1 heterocycles. The van der Waals surface area contributed by atoms with Crippen LogP contribution in [0.15, 0.2) is 36.5 Å². The van der Waals surface area contributed by atoms with E-state index in [1.165, 1.54) is 18.3 Å². The van der Waals surface area contributed by atoms with Gasteiger partial charge in [0.2, 0.25) is 0 Å². The minimum atomic E-state index is -1.27. The number of pyridine rings is 1. The number of anilines is 1. The number of ether oxygens (including phenoxy) is 1. The average Bonchev–Trinajstić information content (AvgIpc) is 2.47. The highest BCUT2D eigenvalue weighted by Crippen LogP contribution is 2.13. The summed E-state index contributed by atoms with van der Waals surface area (Å²) in [4.78, 5) is 26.9. The number of nitrogens with one attached hydrogen (secondary N) is 1. The topological polar surface area (TPSA) is 68.3 Å². The predicted octanol–water partition coefficient (Wildman–Crippen LogP) is 2.81. The second-order valence-electron chi connectivity index (χ2n) is 4.08. The Kier molecular flexibility index (Phi) is 5.00. The summed E-state index contributed by atoms with van der Waals surface area (Å²) >= 11 is 5.63. The molecule has 0 atom stereocenters. The van der Waals surface area contributed by atoms with Gasteiger partial charge in [0.15, 0.2) is 6.61 Å². The molecular weight excluding hydrogens is 318 g/mol. The molecule has 1 amide bonds. The molecule has 114 valence electrons. The van der Waals surface area contributed by atoms with Gasteiger partial charge in [0, 0.05) is 6.20 Å². The van der Waals surface area contributed by atoms with Crippen LogP contribution in [-0.4, -0.2) is 23.5 Å². The summed E-state index contributed by atoms with van der Waals surface area (Å²) in [6.07, 6.45) is 1.32. The smallest absolute Gasteiger partial charge is 0.344 e. The zero-order chi connectivity index (χ0) is 16.1. The van der Waals surface area contributed by atoms with Crippen LogP contribution in [0.1, 0.15) is 10.4 Å². The van der Waals surface area contributed by atoms with Crippen LogP contribution < -0.4 is 5.32 Å². The number of rotatable bonds is 4. The van der Waals surface area contributed by atoms with Crippen molar-refractivity contribution in [3.05, 3.63) is 58.7 Å². The van der Waals surface area contributed by atoms with Crippen molar-refractivity contribution in [2.75, 3.05) is 11.9 Å². The Bertz CT molecular complexity index is 687. The van der Waals surface area contributed by atoms with Crippen LogP contribution in [0.5, 0.6) is 0 Å². The molecule has 0 bridgehead atoms. The molecule has 0 saturated heterocycles. The van der Waals surface area contributed by atoms with Crippen LogP contribution in [-0.2, 0) is 9.53 Å². The number of carbonyl (C=O) groups excluding carboxylic acids is 2. The van der Waals surface area contributed by atoms with Crippen LogP contribution >= 0.6 is 11.6 Å². The number of amides is 1. The highest BCUT2D eigenvalue weighted by atomic mass is 35.5. The maximum atomic E-state index is 13.3. The molecular formula is C14H9ClF2N2O3. The zero-order valence-corrected chi connectivity index (χ0v) is 11.7. The van der Waals surface area contributed by atoms with Crippen molar-refractivity contribution in [1.29, 1.82) is 0 Å². The van der Waals surface area contributed by atoms with E-state index in [1.807, 2.05) is 0 Å². The van der Waals surface area contributed by atoms with E-state index in [2.05, 4.69) is 15.0 Å². The predicted molar refractivity (Wildman–Crippen MR) is 74.5 cm³/mol. The van der Waals surface area contributed by atoms with Gasteiger partial charge in [-0.2, -0.15) is 0 Å². The van der Waals surface area contributed by atoms with E-state index in [4.69, 9.17) is 11.6 Å². The third-order valence-electron chi connectivity index (χ3n) is 2.50. The fourth-order valence-electron chi connectivity index (χ4n) is 1.52. The van der Waals surface area contributed by atoms with Gasteiger partial charge in [-0.3, -0.25) is 4.79 Å². The quantitative estimate of drug-likeness (QED) is 0.877. The summed E-state index contributed by atoms with van der Waals surface area (Å²) in [5, 5.41) is 2.72. The molecule has 0 spiro atoms. The lowest BCUT2D eigenvalue weighted by Gasteiger charge is -2.07. The highest BCUT2D eigenvalue weighted by molar-refractivity contribution is 6.30. The standard InChI is InChI=1S/C14H9ClF2N2O3/c15-8-4-5-11(18-6-8)19-12(20)7-22-14(21)13-9(16)2-1-3-10(13)17/h1-6H,7H2,(H,18,19,20). The first kappa shape index (κ1) is 15.8. The first-order valence-electron chi connectivity index (χ1n) is 6.00. The Balaban J connectivity index is 1.93. The summed E-state index contributed by atoms with van der Waals surface area (Å²) in [7, 11) is 0. The number of nitrogens with zero attached hydrogens (tertiary/aromatic N) is 1. The number of hydrogen-bond donors (Lipinski definition) is 1. The molecule has 0 aliphatic heterocycles. The summed E-state index contributed by atoms with van der Waals surface area (Å²) in [5.41, 5.74) is -0.847. The van der Waals surface area contributed by atoms with Crippen LogP contribution in [0.2, 0.25) is 5.02 Å². The number of aromatic nitrogens is 1. The molecule has 2 rings (SSSR count). The van der Waals surface area contributed by atoms with E-state index in [1.54, 1.807) is 0 Å². The van der Waals surface area contributed by atoms with E-state index in [0.717, 1.165) is 18.2 Å². The Morgan fingerprint density at radius 1 is 1.18 bits per heavy atom. The number of carbonyl (C=O) groups is 2. The summed E-state index contributed by atoms with van der Waals surface area (Å²) in [5.74, 6) is -3.91. The fourth-order valence-corrected chi connectivity index (χ4v) is 1.64. The second-order valence-corrected chi connectivity index (χ2v) is 4.52. The summed E-state index contributed by atoms with van der Waals surface area (Å²) < 4.78 is 31.3. The monoisotopic (exact) mass is 326 g/mol. The number of benzene rings is 1. The molecule has 8 heteroatoms. The van der Waals surface area contributed by atoms with Gasteiger partial charge in [0.25, 0.3) is 5.91 Å². The van der Waals surface area contributed by atoms with Crippen molar-refractivity contribution < 1.29 is 23.1 Å². The molecule has 22 heavy (non-hydrogen) atoms. The van der Waals surface area contributed by atoms with Gasteiger partial charge in [-0.05, 0) is 24.3 Å². The lowest BCUT2D eigenvalue weighted by molar-refractivity contribution is -0.119. The van der Waals surface area contributed by atoms with Crippen molar-refractivity contribution in [3.63, 3.8) is 0 Å². The fraction of sp³-hybridized carbons (Fsp3) is 0.0714. The Labute approximate surface area is 128 Å². The van der Waals surface area contributed by atoms with Gasteiger partial charge >= 0.3 is 5.97 Å². The molecule has 0 aliphatic rings. The van der Waals surface area contributed by atoms with E-state index >= 15 is 0 Å². The van der Waals surface area contributed by atoms with Crippen molar-refractivity contribution >= 4 is 29.3 Å². The van der Waals surface area contributed by atoms with Crippen LogP contribution in [0.3, 0.4) is 0 Å². The highest BCUT2D eigenvalue weighted by Gasteiger charge is 2.19. The molecule has 0 aliphatic carbocycles. The van der Waals surface area contributed by atoms with Gasteiger partial charge in [0.05, 0.1) is 5.02 Å². The van der Waals surface area contributed by atoms with E-state index < -0.39 is 35.7 Å². The van der Waals surface area contributed by atoms with Gasteiger partial charge in [-0.1, -0.05) is 17.7 Å². The Morgan fingerprint density at radius 3 is 2.45 bits per heavy atom. The Morgan fingerprint density at radius 2 is 1.86 bits per heavy atom. The van der Waals surface area contributed by atoms with E-state index in [0.29, 0.717) is 5.02 Å². The second kappa shape index (κ2) is 6.95. The molecule has 2 aromatic rings. The number of hydrogen-bond acceptors (Lipinski definition) is 4. The van der Waals surface area contributed by atoms with E-state index in [9.17, 15) is 18.4 Å². The van der Waals surface area contributed by atoms with E-state index in [-0.39, 0.29) is 5.82 Å². The van der Waals surface area contributed by atoms with Crippen molar-refractivity contribution in [2.24, 2.45) is 0 Å². The van der Waals surface area contributed by atoms with Crippen LogP contribution in [0.4, 0.5) is 14.6 Å². The molecule has 0 saturated carbocycles. The maximum absolute atomic E-state index is 13.3. The lowest BCUT2D eigenvalue weighted by Crippen LogP contribution is -2.22.